The normalized spacial score (nSPS) is 33.3. The Morgan fingerprint density at radius 2 is 2.46 bits per heavy atom. The van der Waals surface area contributed by atoms with Crippen molar-refractivity contribution in [1.82, 2.24) is 5.32 Å². The fourth-order valence-electron chi connectivity index (χ4n) is 1.76. The SMILES string of the molecule is O=C1OC(CCl)C/C1=C1\CCCN1. The maximum Gasteiger partial charge on any atom is 0.336 e. The molecule has 2 aliphatic rings. The second-order valence-electron chi connectivity index (χ2n) is 3.37. The van der Waals surface area contributed by atoms with E-state index in [0.717, 1.165) is 30.7 Å². The first-order chi connectivity index (χ1) is 6.31. The van der Waals surface area contributed by atoms with Crippen molar-refractivity contribution in [1.29, 1.82) is 0 Å². The number of ether oxygens (including phenoxy) is 1. The lowest BCUT2D eigenvalue weighted by molar-refractivity contribution is -0.138. The summed E-state index contributed by atoms with van der Waals surface area (Å²) in [6.45, 7) is 0.970. The molecule has 1 unspecified atom stereocenters. The van der Waals surface area contributed by atoms with Crippen LogP contribution in [0.25, 0.3) is 0 Å². The zero-order valence-electron chi connectivity index (χ0n) is 7.31. The lowest BCUT2D eigenvalue weighted by atomic mass is 10.1. The van der Waals surface area contributed by atoms with Gasteiger partial charge in [-0.05, 0) is 12.8 Å². The first-order valence-electron chi connectivity index (χ1n) is 4.54. The van der Waals surface area contributed by atoms with Gasteiger partial charge in [0.05, 0.1) is 11.5 Å². The van der Waals surface area contributed by atoms with Crippen LogP contribution >= 0.6 is 11.6 Å². The molecule has 1 N–H and O–H groups in total. The number of nitrogens with one attached hydrogen (secondary N) is 1. The van der Waals surface area contributed by atoms with Gasteiger partial charge in [0.2, 0.25) is 0 Å². The van der Waals surface area contributed by atoms with E-state index in [9.17, 15) is 4.79 Å². The second-order valence-corrected chi connectivity index (χ2v) is 3.68. The summed E-state index contributed by atoms with van der Waals surface area (Å²) in [6, 6.07) is 0. The van der Waals surface area contributed by atoms with E-state index in [2.05, 4.69) is 5.32 Å². The number of carbonyl (C=O) groups is 1. The third-order valence-electron chi connectivity index (χ3n) is 2.43. The molecule has 0 bridgehead atoms. The van der Waals surface area contributed by atoms with Gasteiger partial charge >= 0.3 is 5.97 Å². The Bertz CT molecular complexity index is 254. The van der Waals surface area contributed by atoms with Crippen molar-refractivity contribution in [3.8, 4) is 0 Å². The van der Waals surface area contributed by atoms with Crippen LogP contribution in [0.2, 0.25) is 0 Å². The molecule has 2 saturated heterocycles. The molecule has 2 rings (SSSR count). The number of rotatable bonds is 1. The Hall–Kier alpha value is -0.700. The van der Waals surface area contributed by atoms with Crippen molar-refractivity contribution < 1.29 is 9.53 Å². The maximum atomic E-state index is 11.4. The largest absolute Gasteiger partial charge is 0.457 e. The van der Waals surface area contributed by atoms with Gasteiger partial charge in [-0.3, -0.25) is 0 Å². The molecule has 4 heteroatoms. The van der Waals surface area contributed by atoms with Gasteiger partial charge in [-0.15, -0.1) is 11.6 Å². The van der Waals surface area contributed by atoms with Crippen molar-refractivity contribution in [2.75, 3.05) is 12.4 Å². The fraction of sp³-hybridized carbons (Fsp3) is 0.667. The Labute approximate surface area is 82.1 Å². The molecule has 0 aromatic carbocycles. The number of cyclic esters (lactones) is 1. The van der Waals surface area contributed by atoms with Crippen LogP contribution in [0.15, 0.2) is 11.3 Å². The first kappa shape index (κ1) is 8.88. The van der Waals surface area contributed by atoms with Crippen molar-refractivity contribution in [2.45, 2.75) is 25.4 Å². The fourth-order valence-corrected chi connectivity index (χ4v) is 1.93. The van der Waals surface area contributed by atoms with Crippen molar-refractivity contribution in [3.63, 3.8) is 0 Å². The number of alkyl halides is 1. The van der Waals surface area contributed by atoms with Crippen LogP contribution in [0.3, 0.4) is 0 Å². The van der Waals surface area contributed by atoms with Crippen molar-refractivity contribution in [3.05, 3.63) is 11.3 Å². The van der Waals surface area contributed by atoms with E-state index >= 15 is 0 Å². The minimum atomic E-state index is -0.185. The van der Waals surface area contributed by atoms with Gasteiger partial charge < -0.3 is 10.1 Å². The third-order valence-corrected chi connectivity index (χ3v) is 2.77. The molecule has 2 fully saturated rings. The highest BCUT2D eigenvalue weighted by molar-refractivity contribution is 6.18. The summed E-state index contributed by atoms with van der Waals surface area (Å²) in [6.07, 6.45) is 2.64. The summed E-state index contributed by atoms with van der Waals surface area (Å²) < 4.78 is 5.07. The van der Waals surface area contributed by atoms with E-state index in [1.807, 2.05) is 0 Å². The predicted octanol–water partition coefficient (Wildman–Crippen LogP) is 1.18. The predicted molar refractivity (Wildman–Crippen MR) is 49.5 cm³/mol. The van der Waals surface area contributed by atoms with Gasteiger partial charge in [0, 0.05) is 18.7 Å². The first-order valence-corrected chi connectivity index (χ1v) is 5.07. The van der Waals surface area contributed by atoms with E-state index < -0.39 is 0 Å². The molecule has 3 nitrogen and oxygen atoms in total. The lowest BCUT2D eigenvalue weighted by Gasteiger charge is -2.00. The maximum absolute atomic E-state index is 11.4. The van der Waals surface area contributed by atoms with Gasteiger partial charge in [-0.2, -0.15) is 0 Å². The van der Waals surface area contributed by atoms with Gasteiger partial charge in [0.1, 0.15) is 6.10 Å². The molecule has 2 aliphatic heterocycles. The molecular formula is C9H12ClNO2. The van der Waals surface area contributed by atoms with Crippen molar-refractivity contribution in [2.24, 2.45) is 0 Å². The third kappa shape index (κ3) is 1.66. The number of esters is 1. The number of hydrogen-bond acceptors (Lipinski definition) is 3. The Kier molecular flexibility index (Phi) is 2.44. The molecule has 0 radical (unpaired) electrons. The summed E-state index contributed by atoms with van der Waals surface area (Å²) in [5, 5.41) is 3.21. The molecule has 0 amide bonds. The summed E-state index contributed by atoms with van der Waals surface area (Å²) in [5.74, 6) is 0.206. The zero-order valence-corrected chi connectivity index (χ0v) is 8.06. The second kappa shape index (κ2) is 3.58. The standard InChI is InChI=1S/C9H12ClNO2/c10-5-6-4-7(9(12)13-6)8-2-1-3-11-8/h6,11H,1-5H2/b8-7-. The molecule has 0 saturated carbocycles. The van der Waals surface area contributed by atoms with Crippen LogP contribution in [-0.2, 0) is 9.53 Å². The molecule has 0 aliphatic carbocycles. The van der Waals surface area contributed by atoms with Crippen LogP contribution in [0.1, 0.15) is 19.3 Å². The highest BCUT2D eigenvalue weighted by Crippen LogP contribution is 2.26. The average molecular weight is 202 g/mol. The molecule has 0 aromatic rings. The summed E-state index contributed by atoms with van der Waals surface area (Å²) in [5.41, 5.74) is 1.88. The van der Waals surface area contributed by atoms with E-state index in [0.29, 0.717) is 12.3 Å². The lowest BCUT2D eigenvalue weighted by Crippen LogP contribution is -2.09. The topological polar surface area (TPSA) is 38.3 Å². The van der Waals surface area contributed by atoms with Crippen LogP contribution in [-0.4, -0.2) is 24.5 Å². The molecule has 72 valence electrons. The minimum absolute atomic E-state index is 0.112. The van der Waals surface area contributed by atoms with Gasteiger partial charge in [0.25, 0.3) is 0 Å². The minimum Gasteiger partial charge on any atom is -0.457 e. The Morgan fingerprint density at radius 3 is 3.00 bits per heavy atom. The molecule has 0 spiro atoms. The molecule has 2 heterocycles. The Morgan fingerprint density at radius 1 is 1.62 bits per heavy atom. The highest BCUT2D eigenvalue weighted by atomic mass is 35.5. The van der Waals surface area contributed by atoms with E-state index in [4.69, 9.17) is 16.3 Å². The number of carbonyl (C=O) groups excluding carboxylic acids is 1. The molecule has 13 heavy (non-hydrogen) atoms. The summed E-state index contributed by atoms with van der Waals surface area (Å²) in [7, 11) is 0. The highest BCUT2D eigenvalue weighted by Gasteiger charge is 2.31. The van der Waals surface area contributed by atoms with E-state index in [-0.39, 0.29) is 12.1 Å². The van der Waals surface area contributed by atoms with Crippen LogP contribution in [0.4, 0.5) is 0 Å². The molecule has 1 atom stereocenters. The monoisotopic (exact) mass is 201 g/mol. The molecule has 0 aromatic heterocycles. The van der Waals surface area contributed by atoms with Gasteiger partial charge in [-0.1, -0.05) is 0 Å². The number of halogens is 1. The molecular weight excluding hydrogens is 190 g/mol. The Balaban J connectivity index is 2.15. The van der Waals surface area contributed by atoms with Gasteiger partial charge in [0.15, 0.2) is 0 Å². The zero-order chi connectivity index (χ0) is 9.26. The quantitative estimate of drug-likeness (QED) is 0.393. The number of hydrogen-bond donors (Lipinski definition) is 1. The van der Waals surface area contributed by atoms with Crippen molar-refractivity contribution >= 4 is 17.6 Å². The van der Waals surface area contributed by atoms with E-state index in [1.54, 1.807) is 0 Å². The summed E-state index contributed by atoms with van der Waals surface area (Å²) >= 11 is 5.62. The van der Waals surface area contributed by atoms with Gasteiger partial charge in [-0.25, -0.2) is 4.79 Å². The smallest absolute Gasteiger partial charge is 0.336 e. The number of allylic oxidation sites excluding steroid dienone is 1. The average Bonchev–Trinajstić information content (AvgIpc) is 2.72. The van der Waals surface area contributed by atoms with Crippen LogP contribution < -0.4 is 5.32 Å². The van der Waals surface area contributed by atoms with E-state index in [1.165, 1.54) is 0 Å². The summed E-state index contributed by atoms with van der Waals surface area (Å²) in [4.78, 5) is 11.4. The van der Waals surface area contributed by atoms with Crippen LogP contribution in [0, 0.1) is 0 Å². The van der Waals surface area contributed by atoms with Crippen LogP contribution in [0.5, 0.6) is 0 Å².